The maximum atomic E-state index is 11.9. The van der Waals surface area contributed by atoms with Gasteiger partial charge in [-0.2, -0.15) is 0 Å². The minimum Gasteiger partial charge on any atom is -0.310 e. The predicted octanol–water partition coefficient (Wildman–Crippen LogP) is 3.25. The Labute approximate surface area is 141 Å². The number of aromatic nitrogens is 4. The molecular weight excluding hydrogens is 334 g/mol. The molecule has 0 aliphatic heterocycles. The van der Waals surface area contributed by atoms with Crippen molar-refractivity contribution in [3.63, 3.8) is 0 Å². The van der Waals surface area contributed by atoms with Crippen LogP contribution in [0.1, 0.15) is 0 Å². The Hall–Kier alpha value is -2.38. The number of thioether (sulfide) groups is 1. The zero-order chi connectivity index (χ0) is 16.1. The molecule has 1 amide bonds. The Morgan fingerprint density at radius 3 is 2.78 bits per heavy atom. The van der Waals surface area contributed by atoms with Gasteiger partial charge in [-0.1, -0.05) is 53.7 Å². The van der Waals surface area contributed by atoms with Crippen LogP contribution in [-0.2, 0) is 4.79 Å². The molecule has 2 heterocycles. The Morgan fingerprint density at radius 2 is 2.04 bits per heavy atom. The van der Waals surface area contributed by atoms with Crippen molar-refractivity contribution in [1.82, 2.24) is 20.2 Å². The van der Waals surface area contributed by atoms with Crippen molar-refractivity contribution in [1.29, 1.82) is 0 Å². The molecule has 0 radical (unpaired) electrons. The van der Waals surface area contributed by atoms with Gasteiger partial charge in [-0.15, -0.1) is 5.10 Å². The third kappa shape index (κ3) is 4.30. The number of pyridine rings is 1. The van der Waals surface area contributed by atoms with E-state index >= 15 is 0 Å². The molecule has 0 bridgehead atoms. The van der Waals surface area contributed by atoms with E-state index in [1.165, 1.54) is 18.0 Å². The Bertz CT molecular complexity index is 791. The number of nitrogens with one attached hydrogen (secondary N) is 2. The first kappa shape index (κ1) is 15.5. The fraction of sp³-hybridized carbons (Fsp3) is 0.0667. The average Bonchev–Trinajstić information content (AvgIpc) is 3.05. The number of halogens is 1. The van der Waals surface area contributed by atoms with Crippen LogP contribution >= 0.6 is 23.4 Å². The highest BCUT2D eigenvalue weighted by atomic mass is 35.5. The van der Waals surface area contributed by atoms with Crippen LogP contribution in [0, 0.1) is 0 Å². The Balaban J connectivity index is 1.55. The summed E-state index contributed by atoms with van der Waals surface area (Å²) in [4.78, 5) is 20.2. The van der Waals surface area contributed by atoms with Crippen LogP contribution < -0.4 is 5.32 Å². The second-order valence-corrected chi connectivity index (χ2v) is 5.91. The summed E-state index contributed by atoms with van der Waals surface area (Å²) < 4.78 is 0. The van der Waals surface area contributed by atoms with Crippen molar-refractivity contribution in [3.8, 4) is 11.4 Å². The number of aromatic amines is 1. The fourth-order valence-corrected chi connectivity index (χ4v) is 2.51. The highest BCUT2D eigenvalue weighted by molar-refractivity contribution is 7.99. The first-order chi connectivity index (χ1) is 11.2. The molecule has 0 saturated carbocycles. The van der Waals surface area contributed by atoms with E-state index in [-0.39, 0.29) is 11.7 Å². The molecule has 0 aliphatic carbocycles. The standard InChI is InChI=1S/C15H12ClN5OS/c16-11-6-7-12(17-8-11)18-13(22)9-23-15-19-14(20-21-15)10-4-2-1-3-5-10/h1-8H,9H2,(H,17,18,22)(H,19,20,21). The van der Waals surface area contributed by atoms with Gasteiger partial charge in [-0.05, 0) is 12.1 Å². The Kier molecular flexibility index (Phi) is 4.89. The number of hydrogen-bond donors (Lipinski definition) is 2. The van der Waals surface area contributed by atoms with E-state index in [4.69, 9.17) is 11.6 Å². The zero-order valence-corrected chi connectivity index (χ0v) is 13.4. The monoisotopic (exact) mass is 345 g/mol. The summed E-state index contributed by atoms with van der Waals surface area (Å²) in [5.74, 6) is 1.14. The van der Waals surface area contributed by atoms with Crippen LogP contribution in [0.5, 0.6) is 0 Å². The summed E-state index contributed by atoms with van der Waals surface area (Å²) in [5, 5.41) is 10.7. The van der Waals surface area contributed by atoms with E-state index in [1.807, 2.05) is 30.3 Å². The molecule has 2 aromatic heterocycles. The van der Waals surface area contributed by atoms with Crippen LogP contribution in [0.25, 0.3) is 11.4 Å². The summed E-state index contributed by atoms with van der Waals surface area (Å²) in [7, 11) is 0. The smallest absolute Gasteiger partial charge is 0.236 e. The highest BCUT2D eigenvalue weighted by Crippen LogP contribution is 2.19. The van der Waals surface area contributed by atoms with Gasteiger partial charge in [0.15, 0.2) is 5.82 Å². The molecule has 6 nitrogen and oxygen atoms in total. The first-order valence-corrected chi connectivity index (χ1v) is 8.09. The predicted molar refractivity (Wildman–Crippen MR) is 90.4 cm³/mol. The van der Waals surface area contributed by atoms with Crippen molar-refractivity contribution in [2.24, 2.45) is 0 Å². The molecule has 3 rings (SSSR count). The maximum absolute atomic E-state index is 11.9. The number of amides is 1. The molecule has 0 aliphatic rings. The third-order valence-electron chi connectivity index (χ3n) is 2.84. The lowest BCUT2D eigenvalue weighted by molar-refractivity contribution is -0.113. The van der Waals surface area contributed by atoms with Gasteiger partial charge >= 0.3 is 0 Å². The second kappa shape index (κ2) is 7.26. The quantitative estimate of drug-likeness (QED) is 0.693. The Morgan fingerprint density at radius 1 is 1.22 bits per heavy atom. The van der Waals surface area contributed by atoms with Crippen LogP contribution in [0.4, 0.5) is 5.82 Å². The molecule has 3 aromatic rings. The minimum absolute atomic E-state index is 0.184. The van der Waals surface area contributed by atoms with Crippen LogP contribution in [0.3, 0.4) is 0 Å². The van der Waals surface area contributed by atoms with Gasteiger partial charge in [0, 0.05) is 11.8 Å². The van der Waals surface area contributed by atoms with Crippen molar-refractivity contribution in [3.05, 3.63) is 53.7 Å². The molecule has 23 heavy (non-hydrogen) atoms. The lowest BCUT2D eigenvalue weighted by Gasteiger charge is -2.02. The molecule has 0 unspecified atom stereocenters. The van der Waals surface area contributed by atoms with Crippen molar-refractivity contribution in [2.75, 3.05) is 11.1 Å². The molecule has 0 fully saturated rings. The van der Waals surface area contributed by atoms with E-state index in [0.29, 0.717) is 21.8 Å². The van der Waals surface area contributed by atoms with E-state index in [9.17, 15) is 4.79 Å². The minimum atomic E-state index is -0.184. The molecule has 2 N–H and O–H groups in total. The van der Waals surface area contributed by atoms with Gasteiger partial charge in [-0.3, -0.25) is 9.89 Å². The molecule has 0 atom stereocenters. The van der Waals surface area contributed by atoms with E-state index in [1.54, 1.807) is 12.1 Å². The summed E-state index contributed by atoms with van der Waals surface area (Å²) in [6.45, 7) is 0. The third-order valence-corrected chi connectivity index (χ3v) is 3.91. The van der Waals surface area contributed by atoms with Crippen molar-refractivity contribution < 1.29 is 4.79 Å². The number of hydrogen-bond acceptors (Lipinski definition) is 5. The van der Waals surface area contributed by atoms with Crippen LogP contribution in [0.15, 0.2) is 53.8 Å². The number of rotatable bonds is 5. The van der Waals surface area contributed by atoms with Gasteiger partial charge in [-0.25, -0.2) is 9.97 Å². The van der Waals surface area contributed by atoms with Gasteiger partial charge in [0.1, 0.15) is 5.82 Å². The summed E-state index contributed by atoms with van der Waals surface area (Å²) >= 11 is 6.99. The van der Waals surface area contributed by atoms with Gasteiger partial charge in [0.25, 0.3) is 0 Å². The SMILES string of the molecule is O=C(CSc1n[nH]c(-c2ccccc2)n1)Nc1ccc(Cl)cn1. The number of anilines is 1. The van der Waals surface area contributed by atoms with E-state index < -0.39 is 0 Å². The number of benzene rings is 1. The molecular formula is C15H12ClN5OS. The normalized spacial score (nSPS) is 10.5. The van der Waals surface area contributed by atoms with E-state index in [0.717, 1.165) is 5.56 Å². The summed E-state index contributed by atoms with van der Waals surface area (Å²) in [6.07, 6.45) is 1.48. The maximum Gasteiger partial charge on any atom is 0.236 e. The number of carbonyl (C=O) groups is 1. The lowest BCUT2D eigenvalue weighted by atomic mass is 10.2. The molecule has 8 heteroatoms. The first-order valence-electron chi connectivity index (χ1n) is 6.73. The number of carbonyl (C=O) groups excluding carboxylic acids is 1. The molecule has 0 spiro atoms. The zero-order valence-electron chi connectivity index (χ0n) is 11.9. The summed E-state index contributed by atoms with van der Waals surface area (Å²) in [6, 6.07) is 13.0. The molecule has 116 valence electrons. The van der Waals surface area contributed by atoms with Gasteiger partial charge in [0.05, 0.1) is 10.8 Å². The van der Waals surface area contributed by atoms with Gasteiger partial charge < -0.3 is 5.32 Å². The lowest BCUT2D eigenvalue weighted by Crippen LogP contribution is -2.14. The van der Waals surface area contributed by atoms with Crippen LogP contribution in [0.2, 0.25) is 5.02 Å². The fourth-order valence-electron chi connectivity index (χ4n) is 1.79. The number of H-pyrrole nitrogens is 1. The highest BCUT2D eigenvalue weighted by Gasteiger charge is 2.09. The average molecular weight is 346 g/mol. The summed E-state index contributed by atoms with van der Waals surface area (Å²) in [5.41, 5.74) is 0.946. The molecule has 0 saturated heterocycles. The second-order valence-electron chi connectivity index (χ2n) is 4.53. The number of nitrogens with zero attached hydrogens (tertiary/aromatic N) is 3. The van der Waals surface area contributed by atoms with E-state index in [2.05, 4.69) is 25.5 Å². The topological polar surface area (TPSA) is 83.6 Å². The van der Waals surface area contributed by atoms with Crippen molar-refractivity contribution >= 4 is 35.1 Å². The largest absolute Gasteiger partial charge is 0.310 e. The molecule has 1 aromatic carbocycles. The van der Waals surface area contributed by atoms with Gasteiger partial charge in [0.2, 0.25) is 11.1 Å². The van der Waals surface area contributed by atoms with Crippen molar-refractivity contribution in [2.45, 2.75) is 5.16 Å². The van der Waals surface area contributed by atoms with Crippen LogP contribution in [-0.4, -0.2) is 31.8 Å².